The number of ether oxygens (including phenoxy) is 3. The number of phenolic OH excluding ortho intramolecular Hbond substituents is 2. The molecule has 2 aromatic carbocycles. The van der Waals surface area contributed by atoms with E-state index in [0.29, 0.717) is 42.4 Å². The highest BCUT2D eigenvalue weighted by Gasteiger charge is 2.17. The average molecular weight is 425 g/mol. The van der Waals surface area contributed by atoms with Crippen molar-refractivity contribution in [2.24, 2.45) is 0 Å². The molecular formula is C23H27N3O5. The minimum Gasteiger partial charge on any atom is -0.507 e. The molecule has 0 saturated heterocycles. The van der Waals surface area contributed by atoms with E-state index in [1.54, 1.807) is 24.3 Å². The second-order valence-electron chi connectivity index (χ2n) is 6.69. The van der Waals surface area contributed by atoms with Gasteiger partial charge in [0.15, 0.2) is 11.6 Å². The Bertz CT molecular complexity index is 952. The van der Waals surface area contributed by atoms with Crippen LogP contribution in [0.3, 0.4) is 0 Å². The summed E-state index contributed by atoms with van der Waals surface area (Å²) in [6.07, 6.45) is 1.81. The van der Waals surface area contributed by atoms with Gasteiger partial charge in [0, 0.05) is 12.1 Å². The third-order valence-corrected chi connectivity index (χ3v) is 4.39. The van der Waals surface area contributed by atoms with Crippen molar-refractivity contribution in [1.29, 1.82) is 0 Å². The highest BCUT2D eigenvalue weighted by molar-refractivity contribution is 5.70. The first kappa shape index (κ1) is 22.1. The number of aromatic nitrogens is 3. The van der Waals surface area contributed by atoms with E-state index in [4.69, 9.17) is 14.2 Å². The average Bonchev–Trinajstić information content (AvgIpc) is 2.74. The molecule has 0 saturated carbocycles. The van der Waals surface area contributed by atoms with Crippen molar-refractivity contribution in [2.45, 2.75) is 33.6 Å². The van der Waals surface area contributed by atoms with Crippen LogP contribution in [0.25, 0.3) is 22.8 Å². The minimum absolute atomic E-state index is 0.0291. The summed E-state index contributed by atoms with van der Waals surface area (Å²) in [5.41, 5.74) is 0.802. The summed E-state index contributed by atoms with van der Waals surface area (Å²) in [6, 6.07) is 9.94. The molecule has 8 heteroatoms. The minimum atomic E-state index is -0.0291. The van der Waals surface area contributed by atoms with Crippen molar-refractivity contribution in [3.63, 3.8) is 0 Å². The van der Waals surface area contributed by atoms with Crippen LogP contribution in [0.1, 0.15) is 33.6 Å². The summed E-state index contributed by atoms with van der Waals surface area (Å²) in [7, 11) is 0. The topological polar surface area (TPSA) is 107 Å². The summed E-state index contributed by atoms with van der Waals surface area (Å²) in [5.74, 6) is 1.48. The molecule has 0 aliphatic heterocycles. The number of nitrogens with zero attached hydrogens (tertiary/aromatic N) is 3. The van der Waals surface area contributed by atoms with E-state index in [2.05, 4.69) is 21.9 Å². The molecule has 0 radical (unpaired) electrons. The fraction of sp³-hybridized carbons (Fsp3) is 0.348. The molecule has 1 aromatic heterocycles. The van der Waals surface area contributed by atoms with E-state index < -0.39 is 0 Å². The maximum absolute atomic E-state index is 10.5. The summed E-state index contributed by atoms with van der Waals surface area (Å²) >= 11 is 0. The molecule has 0 aliphatic carbocycles. The van der Waals surface area contributed by atoms with E-state index in [0.717, 1.165) is 12.8 Å². The number of phenols is 2. The maximum Gasteiger partial charge on any atom is 0.320 e. The quantitative estimate of drug-likeness (QED) is 0.454. The molecule has 2 N–H and O–H groups in total. The predicted molar refractivity (Wildman–Crippen MR) is 117 cm³/mol. The first-order valence-electron chi connectivity index (χ1n) is 10.4. The fourth-order valence-electron chi connectivity index (χ4n) is 2.88. The van der Waals surface area contributed by atoms with E-state index in [1.807, 2.05) is 13.8 Å². The second-order valence-corrected chi connectivity index (χ2v) is 6.69. The van der Waals surface area contributed by atoms with E-state index in [1.165, 1.54) is 12.1 Å². The van der Waals surface area contributed by atoms with Crippen LogP contribution in [0.5, 0.6) is 29.0 Å². The molecule has 0 aliphatic rings. The zero-order valence-corrected chi connectivity index (χ0v) is 18.0. The molecule has 8 nitrogen and oxygen atoms in total. The summed E-state index contributed by atoms with van der Waals surface area (Å²) in [5, 5.41) is 21.0. The Morgan fingerprint density at radius 1 is 0.710 bits per heavy atom. The number of hydrogen-bond donors (Lipinski definition) is 2. The number of aromatic hydroxyl groups is 2. The smallest absolute Gasteiger partial charge is 0.320 e. The normalized spacial score (nSPS) is 10.7. The molecule has 31 heavy (non-hydrogen) atoms. The third kappa shape index (κ3) is 5.53. The van der Waals surface area contributed by atoms with Crippen molar-refractivity contribution < 1.29 is 24.4 Å². The molecule has 0 fully saturated rings. The summed E-state index contributed by atoms with van der Waals surface area (Å²) < 4.78 is 16.5. The van der Waals surface area contributed by atoms with Crippen molar-refractivity contribution in [2.75, 3.05) is 19.8 Å². The lowest BCUT2D eigenvalue weighted by Gasteiger charge is -2.12. The van der Waals surface area contributed by atoms with Gasteiger partial charge in [0.05, 0.1) is 30.9 Å². The molecule has 1 heterocycles. The highest BCUT2D eigenvalue weighted by atomic mass is 16.5. The van der Waals surface area contributed by atoms with Gasteiger partial charge in [0.1, 0.15) is 23.0 Å². The fourth-order valence-corrected chi connectivity index (χ4v) is 2.88. The van der Waals surface area contributed by atoms with E-state index in [9.17, 15) is 10.2 Å². The SMILES string of the molecule is CCCCOc1nc(-c2ccc(OCC)cc2O)nc(-c2ccc(OCC)cc2O)n1. The third-order valence-electron chi connectivity index (χ3n) is 4.39. The van der Waals surface area contributed by atoms with Crippen LogP contribution in [0.4, 0.5) is 0 Å². The van der Waals surface area contributed by atoms with Gasteiger partial charge in [-0.2, -0.15) is 9.97 Å². The van der Waals surface area contributed by atoms with Gasteiger partial charge >= 0.3 is 6.01 Å². The summed E-state index contributed by atoms with van der Waals surface area (Å²) in [4.78, 5) is 13.2. The van der Waals surface area contributed by atoms with Crippen LogP contribution in [0.15, 0.2) is 36.4 Å². The van der Waals surface area contributed by atoms with Gasteiger partial charge in [0.2, 0.25) is 0 Å². The van der Waals surface area contributed by atoms with Crippen LogP contribution in [-0.2, 0) is 0 Å². The molecule has 0 unspecified atom stereocenters. The number of rotatable bonds is 10. The van der Waals surface area contributed by atoms with Crippen LogP contribution in [-0.4, -0.2) is 45.0 Å². The Kier molecular flexibility index (Phi) is 7.48. The van der Waals surface area contributed by atoms with Crippen LogP contribution in [0, 0.1) is 0 Å². The molecular weight excluding hydrogens is 398 g/mol. The Balaban J connectivity index is 2.05. The lowest BCUT2D eigenvalue weighted by Crippen LogP contribution is -2.05. The Morgan fingerprint density at radius 2 is 1.23 bits per heavy atom. The molecule has 0 atom stereocenters. The van der Waals surface area contributed by atoms with Crippen LogP contribution in [0.2, 0.25) is 0 Å². The highest BCUT2D eigenvalue weighted by Crippen LogP contribution is 2.35. The van der Waals surface area contributed by atoms with Gasteiger partial charge in [0.25, 0.3) is 0 Å². The standard InChI is InChI=1S/C23H27N3O5/c1-4-7-12-31-23-25-21(17-10-8-15(29-5-2)13-19(17)27)24-22(26-23)18-11-9-16(30-6-3)14-20(18)28/h8-11,13-14,27-28H,4-7,12H2,1-3H3. The lowest BCUT2D eigenvalue weighted by atomic mass is 10.1. The zero-order valence-electron chi connectivity index (χ0n) is 18.0. The van der Waals surface area contributed by atoms with Crippen molar-refractivity contribution in [1.82, 2.24) is 15.0 Å². The first-order valence-corrected chi connectivity index (χ1v) is 10.4. The zero-order chi connectivity index (χ0) is 22.2. The Labute approximate surface area is 181 Å². The molecule has 0 spiro atoms. The Morgan fingerprint density at radius 3 is 1.65 bits per heavy atom. The lowest BCUT2D eigenvalue weighted by molar-refractivity contribution is 0.285. The maximum atomic E-state index is 10.5. The Hall–Kier alpha value is -3.55. The van der Waals surface area contributed by atoms with E-state index >= 15 is 0 Å². The van der Waals surface area contributed by atoms with Crippen molar-refractivity contribution in [3.05, 3.63) is 36.4 Å². The number of benzene rings is 2. The van der Waals surface area contributed by atoms with Gasteiger partial charge in [-0.05, 0) is 44.5 Å². The van der Waals surface area contributed by atoms with Crippen LogP contribution < -0.4 is 14.2 Å². The van der Waals surface area contributed by atoms with E-state index in [-0.39, 0.29) is 29.2 Å². The predicted octanol–water partition coefficient (Wildman–Crippen LogP) is 4.59. The number of unbranched alkanes of at least 4 members (excludes halogenated alkanes) is 1. The molecule has 0 bridgehead atoms. The molecule has 0 amide bonds. The largest absolute Gasteiger partial charge is 0.507 e. The second kappa shape index (κ2) is 10.5. The van der Waals surface area contributed by atoms with Crippen LogP contribution >= 0.6 is 0 Å². The molecule has 3 rings (SSSR count). The number of hydrogen-bond acceptors (Lipinski definition) is 8. The van der Waals surface area contributed by atoms with Crippen molar-refractivity contribution >= 4 is 0 Å². The van der Waals surface area contributed by atoms with Gasteiger partial charge in [-0.15, -0.1) is 0 Å². The molecule has 164 valence electrons. The molecule has 3 aromatic rings. The van der Waals surface area contributed by atoms with Gasteiger partial charge in [-0.25, -0.2) is 4.98 Å². The van der Waals surface area contributed by atoms with Crippen molar-refractivity contribution in [3.8, 4) is 51.8 Å². The van der Waals surface area contributed by atoms with Gasteiger partial charge < -0.3 is 24.4 Å². The monoisotopic (exact) mass is 425 g/mol. The van der Waals surface area contributed by atoms with Gasteiger partial charge in [-0.1, -0.05) is 13.3 Å². The first-order chi connectivity index (χ1) is 15.0. The van der Waals surface area contributed by atoms with Gasteiger partial charge in [-0.3, -0.25) is 0 Å². The summed E-state index contributed by atoms with van der Waals surface area (Å²) in [6.45, 7) is 7.22.